The van der Waals surface area contributed by atoms with Crippen LogP contribution in [-0.2, 0) is 4.79 Å². The van der Waals surface area contributed by atoms with E-state index in [4.69, 9.17) is 0 Å². The zero-order valence-electron chi connectivity index (χ0n) is 20.6. The van der Waals surface area contributed by atoms with Crippen molar-refractivity contribution in [3.63, 3.8) is 0 Å². The number of benzene rings is 2. The average molecular weight is 478 g/mol. The van der Waals surface area contributed by atoms with Gasteiger partial charge < -0.3 is 25.3 Å². The van der Waals surface area contributed by atoms with Gasteiger partial charge in [-0.15, -0.1) is 0 Å². The Balaban J connectivity index is 1.47. The Labute approximate surface area is 207 Å². The van der Waals surface area contributed by atoms with Crippen LogP contribution in [0.2, 0.25) is 0 Å². The highest BCUT2D eigenvalue weighted by molar-refractivity contribution is 6.02. The first-order chi connectivity index (χ1) is 16.9. The largest absolute Gasteiger partial charge is 0.367 e. The molecule has 2 aromatic rings. The predicted molar refractivity (Wildman–Crippen MR) is 139 cm³/mol. The number of nitrogens with one attached hydrogen (secondary N) is 2. The first-order valence-electron chi connectivity index (χ1n) is 12.5. The molecule has 2 N–H and O–H groups in total. The van der Waals surface area contributed by atoms with Crippen molar-refractivity contribution in [1.29, 1.82) is 0 Å². The van der Waals surface area contributed by atoms with Crippen LogP contribution in [0.15, 0.2) is 48.5 Å². The number of urea groups is 1. The summed E-state index contributed by atoms with van der Waals surface area (Å²) < 4.78 is 0. The molecule has 2 aliphatic heterocycles. The lowest BCUT2D eigenvalue weighted by molar-refractivity contribution is -0.116. The number of hydrogen-bond acceptors (Lipinski definition) is 4. The Bertz CT molecular complexity index is 1040. The lowest BCUT2D eigenvalue weighted by atomic mass is 10.1. The lowest BCUT2D eigenvalue weighted by Gasteiger charge is -2.37. The molecule has 2 heterocycles. The van der Waals surface area contributed by atoms with Gasteiger partial charge in [-0.05, 0) is 49.1 Å². The maximum Gasteiger partial charge on any atom is 0.321 e. The van der Waals surface area contributed by atoms with Crippen LogP contribution in [0.25, 0.3) is 0 Å². The van der Waals surface area contributed by atoms with Gasteiger partial charge in [0.15, 0.2) is 0 Å². The van der Waals surface area contributed by atoms with Gasteiger partial charge in [0.05, 0.1) is 5.56 Å². The Kier molecular flexibility index (Phi) is 7.90. The molecule has 8 heteroatoms. The molecule has 8 nitrogen and oxygen atoms in total. The van der Waals surface area contributed by atoms with Crippen LogP contribution in [-0.4, -0.2) is 66.9 Å². The van der Waals surface area contributed by atoms with E-state index in [0.717, 1.165) is 37.3 Å². The molecule has 4 amide bonds. The molecule has 0 bridgehead atoms. The molecule has 0 saturated carbocycles. The van der Waals surface area contributed by atoms with Gasteiger partial charge >= 0.3 is 6.03 Å². The van der Waals surface area contributed by atoms with E-state index in [1.54, 1.807) is 4.90 Å². The SMILES string of the molecule is CC(C)CC(=O)Nc1ccc(N2CCN(C(=O)Nc3ccccc3)CC2)c(C(=O)N2CCCC2)c1. The zero-order valence-corrected chi connectivity index (χ0v) is 20.6. The molecule has 0 atom stereocenters. The summed E-state index contributed by atoms with van der Waals surface area (Å²) in [7, 11) is 0. The van der Waals surface area contributed by atoms with E-state index in [9.17, 15) is 14.4 Å². The second-order valence-corrected chi connectivity index (χ2v) is 9.65. The number of carbonyl (C=O) groups is 3. The van der Waals surface area contributed by atoms with Crippen molar-refractivity contribution in [2.45, 2.75) is 33.1 Å². The number of piperazine rings is 1. The summed E-state index contributed by atoms with van der Waals surface area (Å²) in [5, 5.41) is 5.88. The van der Waals surface area contributed by atoms with Crippen molar-refractivity contribution < 1.29 is 14.4 Å². The second-order valence-electron chi connectivity index (χ2n) is 9.65. The molecule has 2 aliphatic rings. The van der Waals surface area contributed by atoms with Crippen molar-refractivity contribution in [3.05, 3.63) is 54.1 Å². The number of para-hydroxylation sites is 1. The average Bonchev–Trinajstić information content (AvgIpc) is 3.39. The smallest absolute Gasteiger partial charge is 0.321 e. The van der Waals surface area contributed by atoms with Crippen LogP contribution in [0.4, 0.5) is 21.9 Å². The van der Waals surface area contributed by atoms with Gasteiger partial charge in [0, 0.05) is 62.8 Å². The normalized spacial score (nSPS) is 15.9. The predicted octanol–water partition coefficient (Wildman–Crippen LogP) is 4.26. The molecular formula is C27H35N5O3. The molecule has 2 fully saturated rings. The first-order valence-corrected chi connectivity index (χ1v) is 12.5. The molecule has 0 unspecified atom stereocenters. The minimum absolute atomic E-state index is 0.00158. The van der Waals surface area contributed by atoms with Crippen molar-refractivity contribution in [2.24, 2.45) is 5.92 Å². The molecule has 2 saturated heterocycles. The summed E-state index contributed by atoms with van der Waals surface area (Å²) in [6.45, 7) is 7.90. The third kappa shape index (κ3) is 6.32. The van der Waals surface area contributed by atoms with E-state index in [2.05, 4.69) is 15.5 Å². The summed E-state index contributed by atoms with van der Waals surface area (Å²) in [5.41, 5.74) is 2.87. The van der Waals surface area contributed by atoms with Crippen LogP contribution in [0.3, 0.4) is 0 Å². The van der Waals surface area contributed by atoms with Gasteiger partial charge in [-0.1, -0.05) is 32.0 Å². The van der Waals surface area contributed by atoms with Crippen LogP contribution >= 0.6 is 0 Å². The van der Waals surface area contributed by atoms with Crippen LogP contribution in [0, 0.1) is 5.92 Å². The summed E-state index contributed by atoms with van der Waals surface area (Å²) in [5.74, 6) is 0.211. The molecule has 4 rings (SSSR count). The number of anilines is 3. The van der Waals surface area contributed by atoms with Crippen LogP contribution in [0.1, 0.15) is 43.5 Å². The van der Waals surface area contributed by atoms with Crippen molar-refractivity contribution >= 4 is 34.9 Å². The molecule has 0 radical (unpaired) electrons. The van der Waals surface area contributed by atoms with Gasteiger partial charge in [0.1, 0.15) is 0 Å². The summed E-state index contributed by atoms with van der Waals surface area (Å²) in [4.78, 5) is 44.3. The van der Waals surface area contributed by atoms with Gasteiger partial charge in [-0.2, -0.15) is 0 Å². The fourth-order valence-electron chi connectivity index (χ4n) is 4.61. The van der Waals surface area contributed by atoms with Crippen molar-refractivity contribution in [1.82, 2.24) is 9.80 Å². The maximum absolute atomic E-state index is 13.4. The standard InChI is InChI=1S/C27H35N5O3/c1-20(2)18-25(33)28-22-10-11-24(23(19-22)26(34)31-12-6-7-13-31)30-14-16-32(17-15-30)27(35)29-21-8-4-3-5-9-21/h3-5,8-11,19-20H,6-7,12-18H2,1-2H3,(H,28,33)(H,29,35). The minimum Gasteiger partial charge on any atom is -0.367 e. The van der Waals surface area contributed by atoms with Gasteiger partial charge in [0.2, 0.25) is 5.91 Å². The van der Waals surface area contributed by atoms with E-state index in [0.29, 0.717) is 43.9 Å². The molecule has 35 heavy (non-hydrogen) atoms. The third-order valence-corrected chi connectivity index (χ3v) is 6.43. The van der Waals surface area contributed by atoms with Crippen LogP contribution < -0.4 is 15.5 Å². The highest BCUT2D eigenvalue weighted by Gasteiger charge is 2.27. The zero-order chi connectivity index (χ0) is 24.8. The Morgan fingerprint density at radius 3 is 2.14 bits per heavy atom. The second kappa shape index (κ2) is 11.3. The number of likely N-dealkylation sites (tertiary alicyclic amines) is 1. The van der Waals surface area contributed by atoms with E-state index >= 15 is 0 Å². The van der Waals surface area contributed by atoms with Gasteiger partial charge in [-0.25, -0.2) is 4.79 Å². The lowest BCUT2D eigenvalue weighted by Crippen LogP contribution is -2.50. The summed E-state index contributed by atoms with van der Waals surface area (Å²) in [6.07, 6.45) is 2.46. The Morgan fingerprint density at radius 1 is 0.800 bits per heavy atom. The highest BCUT2D eigenvalue weighted by Crippen LogP contribution is 2.28. The molecule has 186 valence electrons. The van der Waals surface area contributed by atoms with E-state index < -0.39 is 0 Å². The summed E-state index contributed by atoms with van der Waals surface area (Å²) in [6, 6.07) is 14.9. The topological polar surface area (TPSA) is 85.0 Å². The first kappa shape index (κ1) is 24.6. The molecular weight excluding hydrogens is 442 g/mol. The van der Waals surface area contributed by atoms with Crippen molar-refractivity contribution in [2.75, 3.05) is 54.8 Å². The fourth-order valence-corrected chi connectivity index (χ4v) is 4.61. The quantitative estimate of drug-likeness (QED) is 0.651. The van der Waals surface area contributed by atoms with Gasteiger partial charge in [0.25, 0.3) is 5.91 Å². The molecule has 0 aliphatic carbocycles. The number of carbonyl (C=O) groups excluding carboxylic acids is 3. The maximum atomic E-state index is 13.4. The number of hydrogen-bond donors (Lipinski definition) is 2. The molecule has 2 aromatic carbocycles. The summed E-state index contributed by atoms with van der Waals surface area (Å²) >= 11 is 0. The van der Waals surface area contributed by atoms with Gasteiger partial charge in [-0.3, -0.25) is 9.59 Å². The van der Waals surface area contributed by atoms with E-state index in [-0.39, 0.29) is 23.8 Å². The van der Waals surface area contributed by atoms with Crippen LogP contribution in [0.5, 0.6) is 0 Å². The Hall–Kier alpha value is -3.55. The Morgan fingerprint density at radius 2 is 1.49 bits per heavy atom. The number of rotatable bonds is 6. The van der Waals surface area contributed by atoms with Crippen molar-refractivity contribution in [3.8, 4) is 0 Å². The monoisotopic (exact) mass is 477 g/mol. The third-order valence-electron chi connectivity index (χ3n) is 6.43. The highest BCUT2D eigenvalue weighted by atomic mass is 16.2. The van der Waals surface area contributed by atoms with E-state index in [1.807, 2.05) is 67.3 Å². The van der Waals surface area contributed by atoms with E-state index in [1.165, 1.54) is 0 Å². The minimum atomic E-state index is -0.118. The molecule has 0 spiro atoms. The number of nitrogens with zero attached hydrogens (tertiary/aromatic N) is 3. The molecule has 0 aromatic heterocycles. The fraction of sp³-hybridized carbons (Fsp3) is 0.444. The number of amides is 4.